The molecule has 1 aliphatic heterocycles. The van der Waals surface area contributed by atoms with Gasteiger partial charge in [0.25, 0.3) is 0 Å². The summed E-state index contributed by atoms with van der Waals surface area (Å²) in [6.07, 6.45) is 56.4. The maximum Gasteiger partial charge on any atom is 0.305 e. The molecule has 0 radical (unpaired) electrons. The number of carbonyl (C=O) groups excluding carboxylic acids is 2. The van der Waals surface area contributed by atoms with Crippen molar-refractivity contribution in [3.8, 4) is 0 Å². The zero-order valence-electron chi connectivity index (χ0n) is 47.6. The van der Waals surface area contributed by atoms with Gasteiger partial charge in [-0.25, -0.2) is 0 Å². The molecule has 1 fully saturated rings. The number of hydrogen-bond acceptors (Lipinski definition) is 10. The second-order valence-corrected chi connectivity index (χ2v) is 21.4. The minimum Gasteiger partial charge on any atom is -0.466 e. The number of rotatable bonds is 53. The largest absolute Gasteiger partial charge is 0.466 e. The van der Waals surface area contributed by atoms with Gasteiger partial charge < -0.3 is 45.1 Å². The zero-order chi connectivity index (χ0) is 53.8. The van der Waals surface area contributed by atoms with E-state index in [-0.39, 0.29) is 18.5 Å². The van der Waals surface area contributed by atoms with Crippen LogP contribution in [-0.4, -0.2) is 100 Å². The van der Waals surface area contributed by atoms with E-state index < -0.39 is 49.5 Å². The first-order valence-electron chi connectivity index (χ1n) is 30.9. The van der Waals surface area contributed by atoms with Gasteiger partial charge in [0.1, 0.15) is 24.4 Å². The van der Waals surface area contributed by atoms with Crippen molar-refractivity contribution in [1.82, 2.24) is 5.32 Å². The quantitative estimate of drug-likeness (QED) is 0.0195. The number of unbranched alkanes of at least 4 members (excludes halogenated alkanes) is 33. The van der Waals surface area contributed by atoms with E-state index in [1.54, 1.807) is 6.08 Å². The summed E-state index contributed by atoms with van der Waals surface area (Å²) in [4.78, 5) is 25.0. The molecule has 11 heteroatoms. The van der Waals surface area contributed by atoms with Crippen molar-refractivity contribution in [1.29, 1.82) is 0 Å². The highest BCUT2D eigenvalue weighted by Crippen LogP contribution is 2.23. The van der Waals surface area contributed by atoms with Gasteiger partial charge in [0.05, 0.1) is 32.0 Å². The van der Waals surface area contributed by atoms with Crippen molar-refractivity contribution in [3.05, 3.63) is 48.6 Å². The average molecular weight is 1050 g/mol. The minimum absolute atomic E-state index is 0.00396. The van der Waals surface area contributed by atoms with Gasteiger partial charge in [-0.15, -0.1) is 0 Å². The van der Waals surface area contributed by atoms with Gasteiger partial charge in [0.15, 0.2) is 6.29 Å². The molecule has 11 nitrogen and oxygen atoms in total. The van der Waals surface area contributed by atoms with Crippen LogP contribution in [0, 0.1) is 0 Å². The molecule has 1 amide bonds. The van der Waals surface area contributed by atoms with Crippen LogP contribution in [0.25, 0.3) is 0 Å². The lowest BCUT2D eigenvalue weighted by Crippen LogP contribution is -2.60. The molecule has 0 aromatic carbocycles. The molecule has 0 spiro atoms. The predicted octanol–water partition coefficient (Wildman–Crippen LogP) is 14.5. The van der Waals surface area contributed by atoms with E-state index in [1.165, 1.54) is 161 Å². The number of aliphatic hydroxyl groups is 5. The molecule has 0 aromatic heterocycles. The molecular weight excluding hydrogens is 931 g/mol. The van der Waals surface area contributed by atoms with Crippen LogP contribution in [-0.2, 0) is 23.8 Å². The van der Waals surface area contributed by atoms with E-state index in [9.17, 15) is 35.1 Å². The first-order valence-corrected chi connectivity index (χ1v) is 30.9. The van der Waals surface area contributed by atoms with Crippen molar-refractivity contribution >= 4 is 11.9 Å². The van der Waals surface area contributed by atoms with Crippen LogP contribution in [0.1, 0.15) is 277 Å². The van der Waals surface area contributed by atoms with Gasteiger partial charge in [0.2, 0.25) is 5.91 Å². The fourth-order valence-electron chi connectivity index (χ4n) is 9.46. The van der Waals surface area contributed by atoms with Crippen LogP contribution in [0.15, 0.2) is 48.6 Å². The molecule has 1 saturated heterocycles. The summed E-state index contributed by atoms with van der Waals surface area (Å²) < 4.78 is 16.7. The van der Waals surface area contributed by atoms with Gasteiger partial charge in [-0.1, -0.05) is 229 Å². The summed E-state index contributed by atoms with van der Waals surface area (Å²) in [5, 5.41) is 54.3. The van der Waals surface area contributed by atoms with Crippen molar-refractivity contribution in [2.45, 2.75) is 320 Å². The Balaban J connectivity index is 2.08. The molecule has 0 bridgehead atoms. The van der Waals surface area contributed by atoms with Crippen LogP contribution >= 0.6 is 0 Å². The predicted molar refractivity (Wildman–Crippen MR) is 306 cm³/mol. The monoisotopic (exact) mass is 1050 g/mol. The van der Waals surface area contributed by atoms with E-state index in [0.29, 0.717) is 19.4 Å². The molecule has 0 aliphatic carbocycles. The number of nitrogens with one attached hydrogen (secondary N) is 1. The molecule has 6 N–H and O–H groups in total. The highest BCUT2D eigenvalue weighted by molar-refractivity contribution is 5.76. The molecule has 1 rings (SSSR count). The van der Waals surface area contributed by atoms with Crippen LogP contribution in [0.5, 0.6) is 0 Å². The summed E-state index contributed by atoms with van der Waals surface area (Å²) in [7, 11) is 0. The van der Waals surface area contributed by atoms with Gasteiger partial charge >= 0.3 is 5.97 Å². The molecule has 0 saturated carbocycles. The van der Waals surface area contributed by atoms with Crippen LogP contribution in [0.3, 0.4) is 0 Å². The Bertz CT molecular complexity index is 1370. The molecule has 7 unspecified atom stereocenters. The molecule has 432 valence electrons. The third kappa shape index (κ3) is 41.7. The Labute approximate surface area is 453 Å². The van der Waals surface area contributed by atoms with Crippen molar-refractivity contribution in [2.24, 2.45) is 0 Å². The first-order chi connectivity index (χ1) is 36.2. The zero-order valence-corrected chi connectivity index (χ0v) is 47.6. The van der Waals surface area contributed by atoms with E-state index in [4.69, 9.17) is 14.2 Å². The van der Waals surface area contributed by atoms with E-state index in [0.717, 1.165) is 89.9 Å². The molecule has 0 aromatic rings. The van der Waals surface area contributed by atoms with E-state index in [2.05, 4.69) is 55.6 Å². The Morgan fingerprint density at radius 2 is 0.878 bits per heavy atom. The van der Waals surface area contributed by atoms with Gasteiger partial charge in [-0.2, -0.15) is 0 Å². The number of hydrogen-bond donors (Lipinski definition) is 6. The number of aliphatic hydroxyl groups excluding tert-OH is 5. The summed E-state index contributed by atoms with van der Waals surface area (Å²) in [5.74, 6) is -0.208. The smallest absolute Gasteiger partial charge is 0.305 e. The topological polar surface area (TPSA) is 175 Å². The lowest BCUT2D eigenvalue weighted by molar-refractivity contribution is -0.302. The molecule has 1 heterocycles. The maximum absolute atomic E-state index is 13.0. The Hall–Kier alpha value is -2.38. The number of allylic oxidation sites excluding steroid dienone is 7. The minimum atomic E-state index is -1.58. The number of amides is 1. The Morgan fingerprint density at radius 3 is 1.36 bits per heavy atom. The normalized spacial score (nSPS) is 19.1. The lowest BCUT2D eigenvalue weighted by atomic mass is 9.99. The summed E-state index contributed by atoms with van der Waals surface area (Å²) in [6.45, 7) is 4.28. The summed E-state index contributed by atoms with van der Waals surface area (Å²) in [5.41, 5.74) is 0. The maximum atomic E-state index is 13.0. The fraction of sp³-hybridized carbons (Fsp3) is 0.841. The van der Waals surface area contributed by atoms with Gasteiger partial charge in [0, 0.05) is 12.8 Å². The Morgan fingerprint density at radius 1 is 0.486 bits per heavy atom. The first kappa shape index (κ1) is 69.6. The second kappa shape index (κ2) is 52.7. The van der Waals surface area contributed by atoms with Crippen LogP contribution in [0.2, 0.25) is 0 Å². The summed E-state index contributed by atoms with van der Waals surface area (Å²) in [6, 6.07) is -0.840. The highest BCUT2D eigenvalue weighted by Gasteiger charge is 2.44. The average Bonchev–Trinajstić information content (AvgIpc) is 3.40. The standard InChI is InChI=1S/C63H115NO10/c1-3-5-7-9-11-13-15-26-30-33-37-41-45-49-56(66)55(54-73-63-62(71)61(70)60(69)57(53-65)74-63)64-58(67)50-46-42-38-34-31-27-24-22-20-18-16-17-19-21-23-25-28-32-36-40-44-48-52-72-59(68)51-47-43-39-35-29-14-12-10-8-6-4-2/h11,13,18,20,30,33,45,49,55-57,60-63,65-66,69-71H,3-10,12,14-17,19,21-29,31-32,34-44,46-48,50-54H2,1-2H3,(H,64,67)/b13-11+,20-18-,33-30+,49-45+. The van der Waals surface area contributed by atoms with Crippen molar-refractivity contribution in [3.63, 3.8) is 0 Å². The summed E-state index contributed by atoms with van der Waals surface area (Å²) >= 11 is 0. The van der Waals surface area contributed by atoms with Crippen molar-refractivity contribution in [2.75, 3.05) is 19.8 Å². The van der Waals surface area contributed by atoms with Crippen LogP contribution < -0.4 is 5.32 Å². The Kier molecular flexibility index (Phi) is 49.6. The highest BCUT2D eigenvalue weighted by atomic mass is 16.7. The van der Waals surface area contributed by atoms with E-state index in [1.807, 2.05) is 6.08 Å². The molecule has 7 atom stereocenters. The van der Waals surface area contributed by atoms with E-state index >= 15 is 0 Å². The van der Waals surface area contributed by atoms with Gasteiger partial charge in [-0.3, -0.25) is 9.59 Å². The second-order valence-electron chi connectivity index (χ2n) is 21.4. The number of carbonyl (C=O) groups is 2. The third-order valence-corrected chi connectivity index (χ3v) is 14.4. The number of ether oxygens (including phenoxy) is 3. The number of esters is 1. The van der Waals surface area contributed by atoms with Crippen LogP contribution in [0.4, 0.5) is 0 Å². The fourth-order valence-corrected chi connectivity index (χ4v) is 9.46. The van der Waals surface area contributed by atoms with Gasteiger partial charge in [-0.05, 0) is 83.5 Å². The molecule has 1 aliphatic rings. The van der Waals surface area contributed by atoms with Crippen molar-refractivity contribution < 1.29 is 49.3 Å². The molecular formula is C63H115NO10. The lowest BCUT2D eigenvalue weighted by Gasteiger charge is -2.40. The molecule has 74 heavy (non-hydrogen) atoms. The SMILES string of the molecule is CCCCC/C=C/CC/C=C/CC/C=C/C(O)C(COC1OC(CO)C(O)C(O)C1O)NC(=O)CCCCCCCCC/C=C\CCCCCCCCCCCCCOC(=O)CCCCCCCCCCCCC. The third-order valence-electron chi connectivity index (χ3n) is 14.4.